The number of aromatic nitrogens is 2. The highest BCUT2D eigenvalue weighted by atomic mass is 32.1. The van der Waals surface area contributed by atoms with Gasteiger partial charge in [0.25, 0.3) is 5.91 Å². The molecule has 7 nitrogen and oxygen atoms in total. The minimum Gasteiger partial charge on any atom is -0.493 e. The van der Waals surface area contributed by atoms with Crippen LogP contribution in [0.2, 0.25) is 0 Å². The van der Waals surface area contributed by atoms with E-state index in [-0.39, 0.29) is 5.91 Å². The number of methoxy groups -OCH3 is 3. The molecule has 0 radical (unpaired) electrons. The number of carbonyl (C=O) groups is 1. The second-order valence-electron chi connectivity index (χ2n) is 6.37. The summed E-state index contributed by atoms with van der Waals surface area (Å²) in [4.78, 5) is 24.0. The Morgan fingerprint density at radius 2 is 1.83 bits per heavy atom. The summed E-state index contributed by atoms with van der Waals surface area (Å²) >= 11 is 1.37. The van der Waals surface area contributed by atoms with Crippen LogP contribution in [-0.2, 0) is 6.54 Å². The van der Waals surface area contributed by atoms with Gasteiger partial charge in [-0.25, -0.2) is 4.98 Å². The molecule has 0 saturated carbocycles. The van der Waals surface area contributed by atoms with Crippen molar-refractivity contribution in [2.45, 2.75) is 13.5 Å². The molecule has 0 bridgehead atoms. The van der Waals surface area contributed by atoms with Crippen LogP contribution in [0.5, 0.6) is 17.2 Å². The molecule has 0 N–H and O–H groups in total. The second kappa shape index (κ2) is 8.91. The number of ether oxygens (including phenoxy) is 3. The molecule has 3 rings (SSSR count). The van der Waals surface area contributed by atoms with Gasteiger partial charge in [-0.15, -0.1) is 11.3 Å². The fourth-order valence-corrected chi connectivity index (χ4v) is 4.00. The number of thiazole rings is 1. The summed E-state index contributed by atoms with van der Waals surface area (Å²) in [5, 5.41) is 0.778. The maximum Gasteiger partial charge on any atom is 0.265 e. The van der Waals surface area contributed by atoms with Crippen molar-refractivity contribution in [3.8, 4) is 27.8 Å². The highest BCUT2D eigenvalue weighted by molar-refractivity contribution is 7.17. The van der Waals surface area contributed by atoms with Gasteiger partial charge in [0.1, 0.15) is 9.88 Å². The lowest BCUT2D eigenvalue weighted by Gasteiger charge is -2.19. The maximum absolute atomic E-state index is 13.0. The zero-order chi connectivity index (χ0) is 21.0. The monoisotopic (exact) mass is 413 g/mol. The van der Waals surface area contributed by atoms with Crippen LogP contribution in [0.3, 0.4) is 0 Å². The molecule has 29 heavy (non-hydrogen) atoms. The van der Waals surface area contributed by atoms with Crippen molar-refractivity contribution < 1.29 is 19.0 Å². The number of nitrogens with zero attached hydrogens (tertiary/aromatic N) is 3. The molecule has 152 valence electrons. The summed E-state index contributed by atoms with van der Waals surface area (Å²) < 4.78 is 16.1. The average molecular weight is 413 g/mol. The fraction of sp³-hybridized carbons (Fsp3) is 0.286. The standard InChI is InChI=1S/C21H23N3O4S/c1-13-19(29-20(23-13)15-7-6-8-22-11-15)21(25)24(2)12-14-9-16(26-3)18(28-5)17(10-14)27-4/h6-11H,12H2,1-5H3. The van der Waals surface area contributed by atoms with Gasteiger partial charge in [-0.2, -0.15) is 0 Å². The molecule has 0 saturated heterocycles. The summed E-state index contributed by atoms with van der Waals surface area (Å²) in [5.41, 5.74) is 2.47. The van der Waals surface area contributed by atoms with Gasteiger partial charge >= 0.3 is 0 Å². The third-order valence-electron chi connectivity index (χ3n) is 4.39. The van der Waals surface area contributed by atoms with Crippen LogP contribution in [0.4, 0.5) is 0 Å². The first-order chi connectivity index (χ1) is 14.0. The third kappa shape index (κ3) is 4.32. The molecule has 8 heteroatoms. The van der Waals surface area contributed by atoms with Gasteiger partial charge < -0.3 is 19.1 Å². The Hall–Kier alpha value is -3.13. The average Bonchev–Trinajstić information content (AvgIpc) is 3.14. The van der Waals surface area contributed by atoms with Crippen molar-refractivity contribution in [2.75, 3.05) is 28.4 Å². The zero-order valence-electron chi connectivity index (χ0n) is 17.1. The van der Waals surface area contributed by atoms with E-state index < -0.39 is 0 Å². The highest BCUT2D eigenvalue weighted by Gasteiger charge is 2.21. The minimum absolute atomic E-state index is 0.0936. The zero-order valence-corrected chi connectivity index (χ0v) is 17.9. The summed E-state index contributed by atoms with van der Waals surface area (Å²) in [6, 6.07) is 7.46. The molecular formula is C21H23N3O4S. The van der Waals surface area contributed by atoms with E-state index in [9.17, 15) is 4.79 Å². The summed E-state index contributed by atoms with van der Waals surface area (Å²) in [6.45, 7) is 2.23. The number of carbonyl (C=O) groups excluding carboxylic acids is 1. The predicted molar refractivity (Wildman–Crippen MR) is 112 cm³/mol. The van der Waals surface area contributed by atoms with Crippen molar-refractivity contribution in [1.29, 1.82) is 0 Å². The molecule has 0 aliphatic rings. The molecule has 0 aliphatic heterocycles. The van der Waals surface area contributed by atoms with Crippen molar-refractivity contribution in [2.24, 2.45) is 0 Å². The number of amides is 1. The van der Waals surface area contributed by atoms with Gasteiger partial charge in [0.15, 0.2) is 11.5 Å². The Morgan fingerprint density at radius 1 is 1.14 bits per heavy atom. The number of hydrogen-bond acceptors (Lipinski definition) is 7. The Morgan fingerprint density at radius 3 is 2.38 bits per heavy atom. The number of aryl methyl sites for hydroxylation is 1. The fourth-order valence-electron chi connectivity index (χ4n) is 2.95. The molecule has 2 aromatic heterocycles. The van der Waals surface area contributed by atoms with Crippen LogP contribution < -0.4 is 14.2 Å². The van der Waals surface area contributed by atoms with Crippen LogP contribution in [-0.4, -0.2) is 49.2 Å². The van der Waals surface area contributed by atoms with E-state index in [2.05, 4.69) is 9.97 Å². The number of hydrogen-bond donors (Lipinski definition) is 0. The van der Waals surface area contributed by atoms with E-state index in [0.29, 0.717) is 34.4 Å². The third-order valence-corrected chi connectivity index (χ3v) is 5.58. The lowest BCUT2D eigenvalue weighted by molar-refractivity contribution is 0.0788. The van der Waals surface area contributed by atoms with Gasteiger partial charge in [0.05, 0.1) is 27.0 Å². The minimum atomic E-state index is -0.0936. The van der Waals surface area contributed by atoms with Crippen molar-refractivity contribution in [3.05, 3.63) is 52.8 Å². The van der Waals surface area contributed by atoms with Crippen molar-refractivity contribution in [1.82, 2.24) is 14.9 Å². The molecule has 0 aliphatic carbocycles. The number of rotatable bonds is 7. The van der Waals surface area contributed by atoms with Gasteiger partial charge in [-0.05, 0) is 36.8 Å². The lowest BCUT2D eigenvalue weighted by atomic mass is 10.1. The summed E-state index contributed by atoms with van der Waals surface area (Å²) in [6.07, 6.45) is 3.45. The maximum atomic E-state index is 13.0. The lowest BCUT2D eigenvalue weighted by Crippen LogP contribution is -2.26. The van der Waals surface area contributed by atoms with Crippen LogP contribution >= 0.6 is 11.3 Å². The first-order valence-electron chi connectivity index (χ1n) is 8.90. The second-order valence-corrected chi connectivity index (χ2v) is 7.37. The number of pyridine rings is 1. The van der Waals surface area contributed by atoms with E-state index >= 15 is 0 Å². The van der Waals surface area contributed by atoms with Crippen molar-refractivity contribution >= 4 is 17.2 Å². The van der Waals surface area contributed by atoms with E-state index in [1.807, 2.05) is 31.2 Å². The molecular weight excluding hydrogens is 390 g/mol. The SMILES string of the molecule is COc1cc(CN(C)C(=O)c2sc(-c3cccnc3)nc2C)cc(OC)c1OC. The molecule has 0 spiro atoms. The van der Waals surface area contributed by atoms with Gasteiger partial charge in [0, 0.05) is 31.5 Å². The smallest absolute Gasteiger partial charge is 0.265 e. The molecule has 1 amide bonds. The van der Waals surface area contributed by atoms with E-state index in [1.165, 1.54) is 11.3 Å². The van der Waals surface area contributed by atoms with Crippen molar-refractivity contribution in [3.63, 3.8) is 0 Å². The van der Waals surface area contributed by atoms with E-state index in [1.54, 1.807) is 45.7 Å². The largest absolute Gasteiger partial charge is 0.493 e. The van der Waals surface area contributed by atoms with Crippen LogP contribution in [0.25, 0.3) is 10.6 Å². The van der Waals surface area contributed by atoms with Crippen LogP contribution in [0.1, 0.15) is 20.9 Å². The van der Waals surface area contributed by atoms with Gasteiger partial charge in [-0.1, -0.05) is 0 Å². The van der Waals surface area contributed by atoms with Crippen LogP contribution in [0, 0.1) is 6.92 Å². The van der Waals surface area contributed by atoms with E-state index in [4.69, 9.17) is 14.2 Å². The topological polar surface area (TPSA) is 73.8 Å². The molecule has 2 heterocycles. The van der Waals surface area contributed by atoms with E-state index in [0.717, 1.165) is 16.1 Å². The Bertz CT molecular complexity index is 979. The van der Waals surface area contributed by atoms with Gasteiger partial charge in [0.2, 0.25) is 5.75 Å². The quantitative estimate of drug-likeness (QED) is 0.586. The molecule has 1 aromatic carbocycles. The molecule has 0 fully saturated rings. The van der Waals surface area contributed by atoms with Gasteiger partial charge in [-0.3, -0.25) is 9.78 Å². The highest BCUT2D eigenvalue weighted by Crippen LogP contribution is 2.38. The normalized spacial score (nSPS) is 10.5. The molecule has 0 unspecified atom stereocenters. The Balaban J connectivity index is 1.84. The molecule has 3 aromatic rings. The predicted octanol–water partition coefficient (Wildman–Crippen LogP) is 3.81. The Kier molecular flexibility index (Phi) is 6.33. The number of benzene rings is 1. The first kappa shape index (κ1) is 20.6. The summed E-state index contributed by atoms with van der Waals surface area (Å²) in [5.74, 6) is 1.53. The first-order valence-corrected chi connectivity index (χ1v) is 9.72. The Labute approximate surface area is 173 Å². The summed E-state index contributed by atoms with van der Waals surface area (Å²) in [7, 11) is 6.45. The van der Waals surface area contributed by atoms with Crippen LogP contribution in [0.15, 0.2) is 36.7 Å². The molecule has 0 atom stereocenters.